The van der Waals surface area contributed by atoms with Gasteiger partial charge in [-0.15, -0.1) is 0 Å². The number of nitrogens with one attached hydrogen (secondary N) is 1. The second-order valence-corrected chi connectivity index (χ2v) is 8.74. The van der Waals surface area contributed by atoms with Crippen molar-refractivity contribution in [1.29, 1.82) is 0 Å². The van der Waals surface area contributed by atoms with Crippen LogP contribution in [0.2, 0.25) is 0 Å². The minimum absolute atomic E-state index is 0.0421. The number of rotatable bonds is 4. The average molecular weight is 382 g/mol. The Hall–Kier alpha value is -2.50. The lowest BCUT2D eigenvalue weighted by Crippen LogP contribution is -2.38. The minimum atomic E-state index is -0.322. The van der Waals surface area contributed by atoms with Crippen molar-refractivity contribution in [3.63, 3.8) is 0 Å². The summed E-state index contributed by atoms with van der Waals surface area (Å²) in [6.45, 7) is 6.44. The van der Waals surface area contributed by atoms with E-state index >= 15 is 0 Å². The summed E-state index contributed by atoms with van der Waals surface area (Å²) in [5, 5.41) is 3.13. The van der Waals surface area contributed by atoms with Crippen molar-refractivity contribution in [3.05, 3.63) is 53.1 Å². The van der Waals surface area contributed by atoms with Crippen LogP contribution >= 0.6 is 0 Å². The maximum Gasteiger partial charge on any atom is 0.225 e. The summed E-state index contributed by atoms with van der Waals surface area (Å²) in [6, 6.07) is 6.07. The predicted octanol–water partition coefficient (Wildman–Crippen LogP) is 3.59. The highest BCUT2D eigenvalue weighted by atomic mass is 19.1. The third-order valence-electron chi connectivity index (χ3n) is 5.64. The molecule has 1 aromatic carbocycles. The van der Waals surface area contributed by atoms with Crippen molar-refractivity contribution in [2.24, 2.45) is 5.41 Å². The fourth-order valence-electron chi connectivity index (χ4n) is 4.31. The highest BCUT2D eigenvalue weighted by molar-refractivity contribution is 5.79. The molecule has 5 nitrogen and oxygen atoms in total. The summed E-state index contributed by atoms with van der Waals surface area (Å²) in [7, 11) is 0. The number of amides is 1. The number of hydrogen-bond donors (Lipinski definition) is 1. The van der Waals surface area contributed by atoms with Crippen molar-refractivity contribution >= 4 is 11.9 Å². The van der Waals surface area contributed by atoms with Gasteiger partial charge in [0, 0.05) is 24.8 Å². The molecule has 6 heteroatoms. The van der Waals surface area contributed by atoms with Crippen LogP contribution in [0.15, 0.2) is 30.5 Å². The maximum atomic E-state index is 13.4. The largest absolute Gasteiger partial charge is 0.349 e. The van der Waals surface area contributed by atoms with Crippen LogP contribution in [0.3, 0.4) is 0 Å². The van der Waals surface area contributed by atoms with Gasteiger partial charge in [0.1, 0.15) is 5.82 Å². The molecule has 2 aliphatic rings. The van der Waals surface area contributed by atoms with Crippen LogP contribution in [0, 0.1) is 11.2 Å². The third-order valence-corrected chi connectivity index (χ3v) is 5.64. The zero-order valence-corrected chi connectivity index (χ0v) is 16.5. The van der Waals surface area contributed by atoms with E-state index in [-0.39, 0.29) is 29.6 Å². The molecule has 1 fully saturated rings. The highest BCUT2D eigenvalue weighted by Crippen LogP contribution is 2.40. The van der Waals surface area contributed by atoms with Crippen LogP contribution in [0.1, 0.15) is 56.0 Å². The van der Waals surface area contributed by atoms with Crippen molar-refractivity contribution in [2.75, 3.05) is 18.0 Å². The number of nitrogens with zero attached hydrogens (tertiary/aromatic N) is 3. The van der Waals surface area contributed by atoms with E-state index in [2.05, 4.69) is 29.0 Å². The van der Waals surface area contributed by atoms with Gasteiger partial charge in [0.05, 0.1) is 18.2 Å². The molecule has 28 heavy (non-hydrogen) atoms. The maximum absolute atomic E-state index is 13.4. The Labute approximate surface area is 165 Å². The first kappa shape index (κ1) is 18.8. The summed E-state index contributed by atoms with van der Waals surface area (Å²) in [5.74, 6) is 0.374. The molecule has 2 aromatic rings. The molecule has 148 valence electrons. The standard InChI is InChI=1S/C22H27FN4O/c1-22(2)12-18(25-20(28)11-15-6-5-7-16(23)10-15)17-14-24-21(26-19(17)13-22)27-8-3-4-9-27/h5-7,10,14,18H,3-4,8-9,11-13H2,1-2H3,(H,25,28)/t18-/m0/s1. The van der Waals surface area contributed by atoms with Crippen molar-refractivity contribution < 1.29 is 9.18 Å². The van der Waals surface area contributed by atoms with Crippen LogP contribution in [0.5, 0.6) is 0 Å². The molecule has 0 spiro atoms. The lowest BCUT2D eigenvalue weighted by atomic mass is 9.74. The number of hydrogen-bond acceptors (Lipinski definition) is 4. The molecule has 0 unspecified atom stereocenters. The molecule has 1 atom stereocenters. The predicted molar refractivity (Wildman–Crippen MR) is 107 cm³/mol. The summed E-state index contributed by atoms with van der Waals surface area (Å²) in [4.78, 5) is 24.3. The van der Waals surface area contributed by atoms with Gasteiger partial charge in [0.15, 0.2) is 0 Å². The third kappa shape index (κ3) is 4.16. The average Bonchev–Trinajstić information content (AvgIpc) is 3.14. The van der Waals surface area contributed by atoms with Gasteiger partial charge in [-0.3, -0.25) is 4.79 Å². The van der Waals surface area contributed by atoms with Crippen LogP contribution in [-0.2, 0) is 17.6 Å². The fourth-order valence-corrected chi connectivity index (χ4v) is 4.31. The molecule has 1 aromatic heterocycles. The van der Waals surface area contributed by atoms with Gasteiger partial charge in [0.2, 0.25) is 11.9 Å². The summed E-state index contributed by atoms with van der Waals surface area (Å²) >= 11 is 0. The smallest absolute Gasteiger partial charge is 0.225 e. The molecule has 2 heterocycles. The van der Waals surface area contributed by atoms with Crippen molar-refractivity contribution in [3.8, 4) is 0 Å². The Morgan fingerprint density at radius 2 is 2.11 bits per heavy atom. The number of halogens is 1. The fraction of sp³-hybridized carbons (Fsp3) is 0.500. The van der Waals surface area contributed by atoms with E-state index in [1.54, 1.807) is 12.1 Å². The second kappa shape index (κ2) is 7.49. The Balaban J connectivity index is 1.53. The van der Waals surface area contributed by atoms with Gasteiger partial charge in [0.25, 0.3) is 0 Å². The molecular weight excluding hydrogens is 355 g/mol. The first-order valence-electron chi connectivity index (χ1n) is 10.0. The van der Waals surface area contributed by atoms with E-state index in [1.807, 2.05) is 6.20 Å². The quantitative estimate of drug-likeness (QED) is 0.878. The molecule has 1 amide bonds. The molecule has 1 saturated heterocycles. The Morgan fingerprint density at radius 3 is 2.86 bits per heavy atom. The number of fused-ring (bicyclic) bond motifs is 1. The topological polar surface area (TPSA) is 58.1 Å². The number of carbonyl (C=O) groups is 1. The van der Waals surface area contributed by atoms with E-state index in [0.717, 1.165) is 43.1 Å². The van der Waals surface area contributed by atoms with E-state index in [9.17, 15) is 9.18 Å². The van der Waals surface area contributed by atoms with Crippen LogP contribution < -0.4 is 10.2 Å². The molecule has 1 N–H and O–H groups in total. The van der Waals surface area contributed by atoms with Crippen LogP contribution in [0.4, 0.5) is 10.3 Å². The van der Waals surface area contributed by atoms with Gasteiger partial charge >= 0.3 is 0 Å². The molecule has 0 saturated carbocycles. The molecule has 4 rings (SSSR count). The van der Waals surface area contributed by atoms with Crippen molar-refractivity contribution in [2.45, 2.75) is 52.0 Å². The molecule has 0 bridgehead atoms. The van der Waals surface area contributed by atoms with Gasteiger partial charge in [-0.25, -0.2) is 14.4 Å². The van der Waals surface area contributed by atoms with Crippen LogP contribution in [-0.4, -0.2) is 29.0 Å². The van der Waals surface area contributed by atoms with Gasteiger partial charge in [-0.1, -0.05) is 26.0 Å². The zero-order chi connectivity index (χ0) is 19.7. The normalized spacial score (nSPS) is 20.7. The van der Waals surface area contributed by atoms with Crippen LogP contribution in [0.25, 0.3) is 0 Å². The summed E-state index contributed by atoms with van der Waals surface area (Å²) in [5.41, 5.74) is 2.76. The first-order valence-corrected chi connectivity index (χ1v) is 10.0. The number of carbonyl (C=O) groups excluding carboxylic acids is 1. The number of benzene rings is 1. The van der Waals surface area contributed by atoms with Gasteiger partial charge < -0.3 is 10.2 Å². The van der Waals surface area contributed by atoms with E-state index in [0.29, 0.717) is 5.56 Å². The zero-order valence-electron chi connectivity index (χ0n) is 16.5. The van der Waals surface area contributed by atoms with Gasteiger partial charge in [-0.05, 0) is 48.8 Å². The lowest BCUT2D eigenvalue weighted by Gasteiger charge is -2.36. The number of anilines is 1. The second-order valence-electron chi connectivity index (χ2n) is 8.74. The molecular formula is C22H27FN4O. The minimum Gasteiger partial charge on any atom is -0.349 e. The first-order chi connectivity index (χ1) is 13.4. The monoisotopic (exact) mass is 382 g/mol. The molecule has 0 radical (unpaired) electrons. The van der Waals surface area contributed by atoms with E-state index in [1.165, 1.54) is 25.0 Å². The highest BCUT2D eigenvalue weighted by Gasteiger charge is 2.35. The Kier molecular flexibility index (Phi) is 5.04. The Bertz CT molecular complexity index is 877. The molecule has 1 aliphatic heterocycles. The summed E-state index contributed by atoms with van der Waals surface area (Å²) in [6.07, 6.45) is 6.13. The van der Waals surface area contributed by atoms with Crippen molar-refractivity contribution in [1.82, 2.24) is 15.3 Å². The van der Waals surface area contributed by atoms with Gasteiger partial charge in [-0.2, -0.15) is 0 Å². The van der Waals surface area contributed by atoms with E-state index < -0.39 is 0 Å². The number of aromatic nitrogens is 2. The Morgan fingerprint density at radius 1 is 1.32 bits per heavy atom. The SMILES string of the molecule is CC1(C)Cc2nc(N3CCCC3)ncc2[C@@H](NC(=O)Cc2cccc(F)c2)C1. The van der Waals surface area contributed by atoms with E-state index in [4.69, 9.17) is 4.98 Å². The molecule has 1 aliphatic carbocycles. The lowest BCUT2D eigenvalue weighted by molar-refractivity contribution is -0.121. The summed E-state index contributed by atoms with van der Waals surface area (Å²) < 4.78 is 13.4.